The van der Waals surface area contributed by atoms with Gasteiger partial charge < -0.3 is 9.47 Å². The lowest BCUT2D eigenvalue weighted by molar-refractivity contribution is -0.152. The quantitative estimate of drug-likeness (QED) is 0.0781. The molecule has 4 aromatic rings. The number of fused-ring (bicyclic) bond motifs is 1. The molecule has 5 rings (SSSR count). The first-order valence-corrected chi connectivity index (χ1v) is 15.2. The van der Waals surface area contributed by atoms with E-state index in [4.69, 9.17) is 9.47 Å². The number of ketones is 1. The van der Waals surface area contributed by atoms with Crippen molar-refractivity contribution in [3.63, 3.8) is 0 Å². The van der Waals surface area contributed by atoms with Gasteiger partial charge in [-0.1, -0.05) is 43.3 Å². The topological polar surface area (TPSA) is 69.9 Å². The number of carbonyl (C=O) groups is 2. The van der Waals surface area contributed by atoms with Crippen LogP contribution in [0.5, 0.6) is 5.88 Å². The molecule has 1 saturated carbocycles. The van der Waals surface area contributed by atoms with Crippen LogP contribution in [0.25, 0.3) is 5.52 Å². The molecule has 1 atom stereocenters. The average Bonchev–Trinajstić information content (AvgIpc) is 3.78. The largest absolute Gasteiger partial charge is 0.473 e. The summed E-state index contributed by atoms with van der Waals surface area (Å²) in [6, 6.07) is 15.9. The van der Waals surface area contributed by atoms with Crippen molar-refractivity contribution in [3.8, 4) is 5.88 Å². The second kappa shape index (κ2) is 13.6. The van der Waals surface area contributed by atoms with E-state index in [0.717, 1.165) is 30.5 Å². The Balaban J connectivity index is 1.37. The van der Waals surface area contributed by atoms with Crippen molar-refractivity contribution < 1.29 is 41.0 Å². The Bertz CT molecular complexity index is 1700. The first-order chi connectivity index (χ1) is 21.8. The monoisotopic (exact) mass is 642 g/mol. The first-order valence-electron chi connectivity index (χ1n) is 15.2. The summed E-state index contributed by atoms with van der Waals surface area (Å²) in [5, 5.41) is 4.67. The number of aromatic nitrogens is 2. The zero-order valence-corrected chi connectivity index (χ0v) is 25.6. The van der Waals surface area contributed by atoms with E-state index in [1.54, 1.807) is 50.2 Å². The van der Waals surface area contributed by atoms with Crippen molar-refractivity contribution in [2.24, 2.45) is 5.41 Å². The molecular formula is C35H35F5N2O4. The number of aryl methyl sites for hydroxylation is 1. The summed E-state index contributed by atoms with van der Waals surface area (Å²) in [7, 11) is 0. The third-order valence-electron chi connectivity index (χ3n) is 8.32. The van der Waals surface area contributed by atoms with E-state index in [-0.39, 0.29) is 55.4 Å². The molecule has 0 radical (unpaired) electrons. The zero-order valence-electron chi connectivity index (χ0n) is 25.6. The third-order valence-corrected chi connectivity index (χ3v) is 8.32. The molecule has 0 N–H and O–H groups in total. The fourth-order valence-corrected chi connectivity index (χ4v) is 5.53. The molecule has 0 spiro atoms. The van der Waals surface area contributed by atoms with Crippen LogP contribution in [0.15, 0.2) is 60.7 Å². The Morgan fingerprint density at radius 1 is 0.935 bits per heavy atom. The Kier molecular flexibility index (Phi) is 9.79. The molecule has 244 valence electrons. The van der Waals surface area contributed by atoms with E-state index in [0.29, 0.717) is 22.3 Å². The summed E-state index contributed by atoms with van der Waals surface area (Å²) in [4.78, 5) is 26.7. The molecule has 0 saturated heterocycles. The lowest BCUT2D eigenvalue weighted by Crippen LogP contribution is -2.26. The number of Topliss-reactive ketones (excluding diaryl/α,β-unsaturated/α-hetero) is 1. The fraction of sp³-hybridized carbons (Fsp3) is 0.400. The van der Waals surface area contributed by atoms with Crippen LogP contribution in [0.1, 0.15) is 90.5 Å². The minimum atomic E-state index is -4.43. The number of carbonyl (C=O) groups excluding carboxylic acids is 2. The van der Waals surface area contributed by atoms with Gasteiger partial charge in [0, 0.05) is 24.8 Å². The van der Waals surface area contributed by atoms with Crippen LogP contribution < -0.4 is 4.74 Å². The van der Waals surface area contributed by atoms with Gasteiger partial charge in [0.25, 0.3) is 0 Å². The average molecular weight is 643 g/mol. The van der Waals surface area contributed by atoms with Crippen LogP contribution in [0.3, 0.4) is 0 Å². The number of alkyl halides is 3. The van der Waals surface area contributed by atoms with Gasteiger partial charge in [0.2, 0.25) is 5.88 Å². The van der Waals surface area contributed by atoms with Crippen molar-refractivity contribution >= 4 is 17.3 Å². The summed E-state index contributed by atoms with van der Waals surface area (Å²) in [5.41, 5.74) is 1.40. The number of hydrogen-bond donors (Lipinski definition) is 0. The van der Waals surface area contributed by atoms with Crippen molar-refractivity contribution in [1.29, 1.82) is 0 Å². The molecule has 2 heterocycles. The first kappa shape index (κ1) is 33.1. The summed E-state index contributed by atoms with van der Waals surface area (Å²) >= 11 is 0. The number of pyridine rings is 1. The molecular weight excluding hydrogens is 607 g/mol. The molecule has 2 aromatic carbocycles. The van der Waals surface area contributed by atoms with Crippen LogP contribution in [0.2, 0.25) is 0 Å². The van der Waals surface area contributed by atoms with E-state index < -0.39 is 42.2 Å². The molecule has 0 aliphatic heterocycles. The number of benzene rings is 2. The SMILES string of the molecule is Cc1cc(OCc2c(F)cccc2F)n2nc(C3CC3)c(C(=O)CCC(C)(CCC(F)(F)F)CC(=O)OCc3ccccc3)c2c1. The maximum absolute atomic E-state index is 14.3. The number of nitrogens with zero attached hydrogens (tertiary/aromatic N) is 2. The number of rotatable bonds is 14. The summed E-state index contributed by atoms with van der Waals surface area (Å²) in [5.74, 6) is -2.24. The second-order valence-corrected chi connectivity index (χ2v) is 12.4. The predicted octanol–water partition coefficient (Wildman–Crippen LogP) is 8.82. The van der Waals surface area contributed by atoms with Crippen molar-refractivity contribution in [2.75, 3.05) is 0 Å². The molecule has 0 amide bonds. The van der Waals surface area contributed by atoms with Crippen molar-refractivity contribution in [3.05, 3.63) is 100 Å². The standard InChI is InChI=1S/C35H35F5N2O4/c1-22-17-28-32(33(24-11-12-24)41-42(28)30(18-22)45-21-25-26(36)9-6-10-27(25)37)29(43)13-14-34(2,15-16-35(38,39)40)19-31(44)46-20-23-7-4-3-5-8-23/h3-10,17-18,24H,11-16,19-21H2,1-2H3. The highest BCUT2D eigenvalue weighted by atomic mass is 19.4. The van der Waals surface area contributed by atoms with Crippen LogP contribution in [-0.4, -0.2) is 27.5 Å². The fourth-order valence-electron chi connectivity index (χ4n) is 5.53. The van der Waals surface area contributed by atoms with Gasteiger partial charge in [-0.15, -0.1) is 0 Å². The molecule has 2 aromatic heterocycles. The molecule has 1 fully saturated rings. The lowest BCUT2D eigenvalue weighted by Gasteiger charge is -2.29. The van der Waals surface area contributed by atoms with Gasteiger partial charge >= 0.3 is 12.1 Å². The van der Waals surface area contributed by atoms with Gasteiger partial charge in [-0.3, -0.25) is 9.59 Å². The number of ether oxygens (including phenoxy) is 2. The predicted molar refractivity (Wildman–Crippen MR) is 160 cm³/mol. The molecule has 1 aliphatic rings. The highest BCUT2D eigenvalue weighted by Gasteiger charge is 2.37. The van der Waals surface area contributed by atoms with Gasteiger partial charge in [-0.05, 0) is 67.3 Å². The number of esters is 1. The summed E-state index contributed by atoms with van der Waals surface area (Å²) in [6.45, 7) is 2.95. The van der Waals surface area contributed by atoms with E-state index in [1.165, 1.54) is 10.6 Å². The smallest absolute Gasteiger partial charge is 0.389 e. The molecule has 1 aliphatic carbocycles. The van der Waals surface area contributed by atoms with Crippen molar-refractivity contribution in [1.82, 2.24) is 9.61 Å². The zero-order chi connectivity index (χ0) is 33.1. The number of halogens is 5. The maximum Gasteiger partial charge on any atom is 0.389 e. The third kappa shape index (κ3) is 8.30. The van der Waals surface area contributed by atoms with Crippen LogP contribution in [-0.2, 0) is 22.7 Å². The molecule has 6 nitrogen and oxygen atoms in total. The van der Waals surface area contributed by atoms with E-state index in [9.17, 15) is 31.5 Å². The minimum absolute atomic E-state index is 0.00555. The van der Waals surface area contributed by atoms with Crippen LogP contribution in [0, 0.1) is 24.0 Å². The summed E-state index contributed by atoms with van der Waals surface area (Å²) < 4.78 is 81.0. The van der Waals surface area contributed by atoms with Crippen LogP contribution in [0.4, 0.5) is 22.0 Å². The molecule has 46 heavy (non-hydrogen) atoms. The van der Waals surface area contributed by atoms with Gasteiger partial charge in [0.05, 0.1) is 28.8 Å². The van der Waals surface area contributed by atoms with E-state index in [2.05, 4.69) is 5.10 Å². The highest BCUT2D eigenvalue weighted by Crippen LogP contribution is 2.44. The van der Waals surface area contributed by atoms with Gasteiger partial charge in [0.1, 0.15) is 24.8 Å². The van der Waals surface area contributed by atoms with E-state index >= 15 is 0 Å². The van der Waals surface area contributed by atoms with E-state index in [1.807, 2.05) is 6.07 Å². The molecule has 0 bridgehead atoms. The van der Waals surface area contributed by atoms with Gasteiger partial charge in [0.15, 0.2) is 5.78 Å². The Morgan fingerprint density at radius 2 is 1.63 bits per heavy atom. The Morgan fingerprint density at radius 3 is 2.28 bits per heavy atom. The minimum Gasteiger partial charge on any atom is -0.473 e. The van der Waals surface area contributed by atoms with Gasteiger partial charge in [-0.25, -0.2) is 13.3 Å². The maximum atomic E-state index is 14.3. The van der Waals surface area contributed by atoms with Crippen LogP contribution >= 0.6 is 0 Å². The number of hydrogen-bond acceptors (Lipinski definition) is 5. The second-order valence-electron chi connectivity index (χ2n) is 12.4. The molecule has 1 unspecified atom stereocenters. The van der Waals surface area contributed by atoms with Gasteiger partial charge in [-0.2, -0.15) is 18.3 Å². The summed E-state index contributed by atoms with van der Waals surface area (Å²) in [6.07, 6.45) is -4.63. The molecule has 11 heteroatoms. The normalized spacial score (nSPS) is 14.7. The lowest BCUT2D eigenvalue weighted by atomic mass is 9.77. The Labute approximate surface area is 263 Å². The van der Waals surface area contributed by atoms with Crippen molar-refractivity contribution in [2.45, 2.75) is 84.1 Å². The highest BCUT2D eigenvalue weighted by molar-refractivity contribution is 6.04. The Hall–Kier alpha value is -4.28.